The smallest absolute Gasteiger partial charge is 0.173 e. The molecule has 4 nitrogen and oxygen atoms in total. The molecule has 134 valence electrons. The van der Waals surface area contributed by atoms with Gasteiger partial charge in [-0.1, -0.05) is 59.8 Å². The van der Waals surface area contributed by atoms with Crippen LogP contribution in [0.4, 0.5) is 4.39 Å². The molecule has 1 aromatic heterocycles. The Kier molecular flexibility index (Phi) is 5.85. The number of hydrogen-bond acceptors (Lipinski definition) is 4. The number of imidazole rings is 1. The number of benzene rings is 2. The van der Waals surface area contributed by atoms with E-state index in [2.05, 4.69) is 4.98 Å². The lowest BCUT2D eigenvalue weighted by atomic mass is 10.1. The van der Waals surface area contributed by atoms with Crippen LogP contribution in [0.5, 0.6) is 0 Å². The second kappa shape index (κ2) is 8.29. The number of aliphatic hydroxyl groups is 1. The molecule has 3 rings (SSSR count). The number of hydrogen-bond donors (Lipinski definition) is 1. The van der Waals surface area contributed by atoms with Crippen molar-refractivity contribution in [1.29, 1.82) is 0 Å². The van der Waals surface area contributed by atoms with Crippen LogP contribution in [0.2, 0.25) is 0 Å². The third-order valence-corrected chi connectivity index (χ3v) is 5.05. The summed E-state index contributed by atoms with van der Waals surface area (Å²) in [6.45, 7) is 2.02. The molecule has 0 radical (unpaired) electrons. The Morgan fingerprint density at radius 3 is 2.62 bits per heavy atom. The largest absolute Gasteiger partial charge is 0.390 e. The highest BCUT2D eigenvalue weighted by Crippen LogP contribution is 2.22. The van der Waals surface area contributed by atoms with Gasteiger partial charge in [0.15, 0.2) is 10.9 Å². The summed E-state index contributed by atoms with van der Waals surface area (Å²) in [5, 5.41) is 10.1. The Labute approximate surface area is 155 Å². The van der Waals surface area contributed by atoms with Gasteiger partial charge in [-0.2, -0.15) is 0 Å². The molecule has 0 spiro atoms. The Morgan fingerprint density at radius 2 is 1.92 bits per heavy atom. The van der Waals surface area contributed by atoms with Crippen LogP contribution in [-0.4, -0.2) is 26.2 Å². The fraction of sp³-hybridized carbons (Fsp3) is 0.200. The molecule has 0 saturated carbocycles. The van der Waals surface area contributed by atoms with Crippen molar-refractivity contribution in [2.75, 3.05) is 5.75 Å². The molecule has 0 atom stereocenters. The molecule has 6 heteroatoms. The molecule has 0 unspecified atom stereocenters. The van der Waals surface area contributed by atoms with Crippen LogP contribution in [0.3, 0.4) is 0 Å². The first-order valence-electron chi connectivity index (χ1n) is 8.20. The molecule has 0 amide bonds. The van der Waals surface area contributed by atoms with Crippen molar-refractivity contribution in [2.45, 2.75) is 25.2 Å². The van der Waals surface area contributed by atoms with Crippen molar-refractivity contribution in [3.05, 3.63) is 82.9 Å². The highest BCUT2D eigenvalue weighted by Gasteiger charge is 2.14. The normalized spacial score (nSPS) is 10.9. The topological polar surface area (TPSA) is 55.1 Å². The zero-order valence-electron chi connectivity index (χ0n) is 14.4. The SMILES string of the molecule is Cc1ccc(C(=O)CSc2ncc(CO)n2Cc2ccccc2F)cc1. The molecule has 0 aliphatic carbocycles. The van der Waals surface area contributed by atoms with Gasteiger partial charge in [0.05, 0.1) is 30.8 Å². The summed E-state index contributed by atoms with van der Waals surface area (Å²) in [5.41, 5.74) is 2.84. The maximum absolute atomic E-state index is 14.0. The third kappa shape index (κ3) is 4.20. The van der Waals surface area contributed by atoms with E-state index >= 15 is 0 Å². The van der Waals surface area contributed by atoms with E-state index in [-0.39, 0.29) is 30.5 Å². The van der Waals surface area contributed by atoms with E-state index in [0.717, 1.165) is 5.56 Å². The molecule has 1 heterocycles. The molecule has 0 aliphatic heterocycles. The fourth-order valence-electron chi connectivity index (χ4n) is 2.55. The highest BCUT2D eigenvalue weighted by molar-refractivity contribution is 7.99. The van der Waals surface area contributed by atoms with Gasteiger partial charge in [0.1, 0.15) is 5.82 Å². The molecular weight excluding hydrogens is 351 g/mol. The summed E-state index contributed by atoms with van der Waals surface area (Å²) in [5.74, 6) is -0.0832. The van der Waals surface area contributed by atoms with E-state index in [9.17, 15) is 14.3 Å². The van der Waals surface area contributed by atoms with E-state index in [4.69, 9.17) is 0 Å². The molecule has 0 bridgehead atoms. The summed E-state index contributed by atoms with van der Waals surface area (Å²) in [6.07, 6.45) is 1.56. The lowest BCUT2D eigenvalue weighted by Gasteiger charge is -2.11. The minimum atomic E-state index is -0.309. The number of aromatic nitrogens is 2. The quantitative estimate of drug-likeness (QED) is 0.507. The Balaban J connectivity index is 1.76. The number of carbonyl (C=O) groups excluding carboxylic acids is 1. The summed E-state index contributed by atoms with van der Waals surface area (Å²) in [7, 11) is 0. The second-order valence-corrected chi connectivity index (χ2v) is 6.89. The standard InChI is InChI=1S/C20H19FN2O2S/c1-14-6-8-15(9-7-14)19(25)13-26-20-22-10-17(12-24)23(20)11-16-4-2-3-5-18(16)21/h2-10,24H,11-13H2,1H3. The highest BCUT2D eigenvalue weighted by atomic mass is 32.2. The van der Waals surface area contributed by atoms with Crippen LogP contribution in [-0.2, 0) is 13.2 Å². The number of ketones is 1. The average molecular weight is 370 g/mol. The summed E-state index contributed by atoms with van der Waals surface area (Å²) in [6, 6.07) is 13.9. The van der Waals surface area contributed by atoms with Crippen LogP contribution in [0, 0.1) is 12.7 Å². The molecule has 2 aromatic carbocycles. The van der Waals surface area contributed by atoms with Crippen molar-refractivity contribution in [2.24, 2.45) is 0 Å². The van der Waals surface area contributed by atoms with E-state index in [0.29, 0.717) is 22.0 Å². The van der Waals surface area contributed by atoms with Crippen LogP contribution >= 0.6 is 11.8 Å². The van der Waals surface area contributed by atoms with Crippen LogP contribution in [0.15, 0.2) is 59.9 Å². The van der Waals surface area contributed by atoms with Gasteiger partial charge in [0.25, 0.3) is 0 Å². The predicted octanol–water partition coefficient (Wildman–Crippen LogP) is 3.85. The Morgan fingerprint density at radius 1 is 1.19 bits per heavy atom. The monoisotopic (exact) mass is 370 g/mol. The number of thioether (sulfide) groups is 1. The van der Waals surface area contributed by atoms with Gasteiger partial charge in [-0.25, -0.2) is 9.37 Å². The zero-order chi connectivity index (χ0) is 18.5. The number of aliphatic hydroxyl groups excluding tert-OH is 1. The number of Topliss-reactive ketones (excluding diaryl/α,β-unsaturated/α-hetero) is 1. The predicted molar refractivity (Wildman–Crippen MR) is 99.9 cm³/mol. The number of halogens is 1. The molecule has 0 fully saturated rings. The number of rotatable bonds is 7. The van der Waals surface area contributed by atoms with E-state index in [1.165, 1.54) is 17.8 Å². The van der Waals surface area contributed by atoms with Gasteiger partial charge >= 0.3 is 0 Å². The molecule has 3 aromatic rings. The van der Waals surface area contributed by atoms with Crippen LogP contribution in [0.25, 0.3) is 0 Å². The minimum Gasteiger partial charge on any atom is -0.390 e. The van der Waals surface area contributed by atoms with E-state index < -0.39 is 0 Å². The fourth-order valence-corrected chi connectivity index (χ4v) is 3.44. The molecule has 0 saturated heterocycles. The number of carbonyl (C=O) groups is 1. The van der Waals surface area contributed by atoms with Gasteiger partial charge in [-0.15, -0.1) is 0 Å². The van der Waals surface area contributed by atoms with Crippen molar-refractivity contribution in [3.63, 3.8) is 0 Å². The van der Waals surface area contributed by atoms with Crippen molar-refractivity contribution in [3.8, 4) is 0 Å². The first-order chi connectivity index (χ1) is 12.6. The van der Waals surface area contributed by atoms with Gasteiger partial charge in [0, 0.05) is 11.1 Å². The van der Waals surface area contributed by atoms with E-state index in [1.807, 2.05) is 31.2 Å². The number of aryl methyl sites for hydroxylation is 1. The summed E-state index contributed by atoms with van der Waals surface area (Å²) in [4.78, 5) is 16.6. The van der Waals surface area contributed by atoms with Crippen LogP contribution < -0.4 is 0 Å². The second-order valence-electron chi connectivity index (χ2n) is 5.95. The molecule has 0 aliphatic rings. The van der Waals surface area contributed by atoms with E-state index in [1.54, 1.807) is 29.0 Å². The molecule has 26 heavy (non-hydrogen) atoms. The maximum Gasteiger partial charge on any atom is 0.173 e. The lowest BCUT2D eigenvalue weighted by molar-refractivity contribution is 0.102. The van der Waals surface area contributed by atoms with Crippen molar-refractivity contribution >= 4 is 17.5 Å². The first-order valence-corrected chi connectivity index (χ1v) is 9.18. The summed E-state index contributed by atoms with van der Waals surface area (Å²) >= 11 is 1.28. The van der Waals surface area contributed by atoms with Gasteiger partial charge in [-0.3, -0.25) is 4.79 Å². The van der Waals surface area contributed by atoms with Gasteiger partial charge in [0.2, 0.25) is 0 Å². The van der Waals surface area contributed by atoms with Crippen molar-refractivity contribution < 1.29 is 14.3 Å². The van der Waals surface area contributed by atoms with Crippen LogP contribution in [0.1, 0.15) is 27.2 Å². The average Bonchev–Trinajstić information content (AvgIpc) is 3.04. The minimum absolute atomic E-state index is 0.000917. The Hall–Kier alpha value is -2.44. The molecule has 1 N–H and O–H groups in total. The third-order valence-electron chi connectivity index (χ3n) is 4.06. The molecular formula is C20H19FN2O2S. The zero-order valence-corrected chi connectivity index (χ0v) is 15.2. The number of nitrogens with zero attached hydrogens (tertiary/aromatic N) is 2. The van der Waals surface area contributed by atoms with Crippen molar-refractivity contribution in [1.82, 2.24) is 9.55 Å². The summed E-state index contributed by atoms with van der Waals surface area (Å²) < 4.78 is 15.7. The Bertz CT molecular complexity index is 906. The lowest BCUT2D eigenvalue weighted by Crippen LogP contribution is -2.09. The van der Waals surface area contributed by atoms with Gasteiger partial charge < -0.3 is 9.67 Å². The maximum atomic E-state index is 14.0. The van der Waals surface area contributed by atoms with Gasteiger partial charge in [-0.05, 0) is 13.0 Å². The first kappa shape index (κ1) is 18.4.